The fourth-order valence-corrected chi connectivity index (χ4v) is 2.80. The molecule has 0 aliphatic rings. The number of amides is 2. The van der Waals surface area contributed by atoms with E-state index in [1.165, 1.54) is 0 Å². The lowest BCUT2D eigenvalue weighted by atomic mass is 10.2. The van der Waals surface area contributed by atoms with Gasteiger partial charge < -0.3 is 10.2 Å². The van der Waals surface area contributed by atoms with Crippen LogP contribution in [0.25, 0.3) is 5.52 Å². The van der Waals surface area contributed by atoms with Gasteiger partial charge in [0.1, 0.15) is 0 Å². The van der Waals surface area contributed by atoms with Gasteiger partial charge in [0, 0.05) is 38.7 Å². The normalized spacial score (nSPS) is 10.7. The molecule has 0 aliphatic carbocycles. The van der Waals surface area contributed by atoms with Crippen molar-refractivity contribution in [2.24, 2.45) is 0 Å². The molecule has 0 atom stereocenters. The monoisotopic (exact) mass is 365 g/mol. The number of pyridine rings is 2. The Balaban J connectivity index is 1.82. The second-order valence-corrected chi connectivity index (χ2v) is 6.33. The molecule has 27 heavy (non-hydrogen) atoms. The lowest BCUT2D eigenvalue weighted by Crippen LogP contribution is -2.29. The number of nitrogens with zero attached hydrogens (tertiary/aromatic N) is 4. The van der Waals surface area contributed by atoms with Crippen molar-refractivity contribution in [2.75, 3.05) is 20.1 Å². The van der Waals surface area contributed by atoms with E-state index >= 15 is 0 Å². The average Bonchev–Trinajstić information content (AvgIpc) is 3.10. The van der Waals surface area contributed by atoms with Crippen LogP contribution in [-0.2, 0) is 6.42 Å². The molecular formula is C20H23N5O2. The quantitative estimate of drug-likeness (QED) is 0.696. The first-order valence-corrected chi connectivity index (χ1v) is 9.01. The number of likely N-dealkylation sites (N-methyl/N-ethyl adjacent to an activating group) is 1. The topological polar surface area (TPSA) is 79.6 Å². The molecule has 0 aromatic carbocycles. The third-order valence-electron chi connectivity index (χ3n) is 4.32. The number of nitrogens with one attached hydrogen (secondary N) is 1. The number of rotatable bonds is 7. The number of fused-ring (bicyclic) bond motifs is 1. The fraction of sp³-hybridized carbons (Fsp3) is 0.300. The second-order valence-electron chi connectivity index (χ2n) is 6.33. The van der Waals surface area contributed by atoms with Crippen LogP contribution in [0, 0.1) is 0 Å². The highest BCUT2D eigenvalue weighted by atomic mass is 16.2. The molecule has 0 unspecified atom stereocenters. The van der Waals surface area contributed by atoms with Gasteiger partial charge in [0.25, 0.3) is 11.8 Å². The molecule has 3 aromatic heterocycles. The van der Waals surface area contributed by atoms with Crippen molar-refractivity contribution in [2.45, 2.75) is 19.8 Å². The van der Waals surface area contributed by atoms with E-state index in [2.05, 4.69) is 15.3 Å². The van der Waals surface area contributed by atoms with E-state index < -0.39 is 0 Å². The van der Waals surface area contributed by atoms with Crippen LogP contribution >= 0.6 is 0 Å². The summed E-state index contributed by atoms with van der Waals surface area (Å²) in [6.07, 6.45) is 6.78. The third-order valence-corrected chi connectivity index (χ3v) is 4.32. The molecule has 0 spiro atoms. The number of hydrogen-bond donors (Lipinski definition) is 1. The summed E-state index contributed by atoms with van der Waals surface area (Å²) < 4.78 is 1.66. The first-order chi connectivity index (χ1) is 13.1. The predicted octanol–water partition coefficient (Wildman–Crippen LogP) is 2.18. The SMILES string of the molecule is CCCNC(=O)c1nc(C(=O)N(C)CCc2ccncc2)c2ccccn12. The summed E-state index contributed by atoms with van der Waals surface area (Å²) in [6.45, 7) is 3.10. The molecule has 0 fully saturated rings. The predicted molar refractivity (Wildman–Crippen MR) is 103 cm³/mol. The highest BCUT2D eigenvalue weighted by Crippen LogP contribution is 2.15. The molecule has 0 radical (unpaired) electrons. The summed E-state index contributed by atoms with van der Waals surface area (Å²) in [5.41, 5.74) is 2.02. The minimum absolute atomic E-state index is 0.206. The van der Waals surface area contributed by atoms with Crippen LogP contribution in [0.5, 0.6) is 0 Å². The zero-order valence-corrected chi connectivity index (χ0v) is 15.6. The summed E-state index contributed by atoms with van der Waals surface area (Å²) in [5, 5.41) is 2.82. The molecule has 140 valence electrons. The van der Waals surface area contributed by atoms with E-state index in [0.717, 1.165) is 18.4 Å². The number of hydrogen-bond acceptors (Lipinski definition) is 4. The number of aromatic nitrogens is 3. The van der Waals surface area contributed by atoms with Gasteiger partial charge in [0.2, 0.25) is 5.82 Å². The number of carbonyl (C=O) groups is 2. The molecule has 3 rings (SSSR count). The minimum atomic E-state index is -0.281. The Labute approximate surface area is 158 Å². The molecule has 7 heteroatoms. The van der Waals surface area contributed by atoms with Crippen molar-refractivity contribution in [3.63, 3.8) is 0 Å². The van der Waals surface area contributed by atoms with Gasteiger partial charge in [-0.3, -0.25) is 19.0 Å². The zero-order chi connectivity index (χ0) is 19.2. The average molecular weight is 365 g/mol. The molecule has 3 aromatic rings. The van der Waals surface area contributed by atoms with Crippen LogP contribution in [0.4, 0.5) is 0 Å². The lowest BCUT2D eigenvalue weighted by Gasteiger charge is -2.16. The van der Waals surface area contributed by atoms with Crippen LogP contribution in [0.15, 0.2) is 48.9 Å². The largest absolute Gasteiger partial charge is 0.349 e. The highest BCUT2D eigenvalue weighted by Gasteiger charge is 2.23. The van der Waals surface area contributed by atoms with Crippen LogP contribution in [0.3, 0.4) is 0 Å². The first-order valence-electron chi connectivity index (χ1n) is 9.01. The van der Waals surface area contributed by atoms with Gasteiger partial charge in [-0.2, -0.15) is 0 Å². The molecule has 0 saturated carbocycles. The molecule has 2 amide bonds. The summed E-state index contributed by atoms with van der Waals surface area (Å²) in [5.74, 6) is -0.260. The van der Waals surface area contributed by atoms with E-state index in [-0.39, 0.29) is 23.3 Å². The molecule has 0 aliphatic heterocycles. The molecule has 7 nitrogen and oxygen atoms in total. The number of carbonyl (C=O) groups excluding carboxylic acids is 2. The van der Waals surface area contributed by atoms with Crippen molar-refractivity contribution in [1.82, 2.24) is 24.6 Å². The van der Waals surface area contributed by atoms with Crippen molar-refractivity contribution in [3.8, 4) is 0 Å². The third kappa shape index (κ3) is 4.13. The smallest absolute Gasteiger partial charge is 0.287 e. The first kappa shape index (κ1) is 18.6. The number of imidazole rings is 1. The maximum absolute atomic E-state index is 12.9. The maximum Gasteiger partial charge on any atom is 0.287 e. The Morgan fingerprint density at radius 2 is 1.96 bits per heavy atom. The Morgan fingerprint density at radius 3 is 2.70 bits per heavy atom. The van der Waals surface area contributed by atoms with Gasteiger partial charge in [-0.1, -0.05) is 13.0 Å². The van der Waals surface area contributed by atoms with Crippen LogP contribution in [0.1, 0.15) is 40.0 Å². The standard InChI is InChI=1S/C20H23N5O2/c1-3-10-22-19(26)18-23-17(16-6-4-5-13-25(16)18)20(27)24(2)14-9-15-7-11-21-12-8-15/h4-8,11-13H,3,9-10,14H2,1-2H3,(H,22,26). The molecule has 0 saturated heterocycles. The van der Waals surface area contributed by atoms with Gasteiger partial charge in [-0.25, -0.2) is 4.98 Å². The lowest BCUT2D eigenvalue weighted by molar-refractivity contribution is 0.0793. The molecule has 3 heterocycles. The Kier molecular flexibility index (Phi) is 5.80. The molecular weight excluding hydrogens is 342 g/mol. The van der Waals surface area contributed by atoms with Crippen molar-refractivity contribution < 1.29 is 9.59 Å². The maximum atomic E-state index is 12.9. The van der Waals surface area contributed by atoms with Gasteiger partial charge in [-0.05, 0) is 42.7 Å². The van der Waals surface area contributed by atoms with Crippen molar-refractivity contribution in [3.05, 3.63) is 66.0 Å². The van der Waals surface area contributed by atoms with Crippen molar-refractivity contribution >= 4 is 17.3 Å². The van der Waals surface area contributed by atoms with Crippen LogP contribution in [0.2, 0.25) is 0 Å². The summed E-state index contributed by atoms with van der Waals surface area (Å²) >= 11 is 0. The summed E-state index contributed by atoms with van der Waals surface area (Å²) in [6, 6.07) is 9.31. The minimum Gasteiger partial charge on any atom is -0.349 e. The molecule has 1 N–H and O–H groups in total. The van der Waals surface area contributed by atoms with E-state index in [9.17, 15) is 9.59 Å². The summed E-state index contributed by atoms with van der Waals surface area (Å²) in [7, 11) is 1.74. The highest BCUT2D eigenvalue weighted by molar-refractivity contribution is 6.02. The van der Waals surface area contributed by atoms with Crippen molar-refractivity contribution in [1.29, 1.82) is 0 Å². The zero-order valence-electron chi connectivity index (χ0n) is 15.6. The Hall–Kier alpha value is -3.22. The van der Waals surface area contributed by atoms with Gasteiger partial charge in [-0.15, -0.1) is 0 Å². The van der Waals surface area contributed by atoms with E-state index in [1.807, 2.05) is 31.2 Å². The van der Waals surface area contributed by atoms with E-state index in [1.54, 1.807) is 41.0 Å². The molecule has 0 bridgehead atoms. The van der Waals surface area contributed by atoms with E-state index in [0.29, 0.717) is 18.6 Å². The summed E-state index contributed by atoms with van der Waals surface area (Å²) in [4.78, 5) is 35.3. The Bertz CT molecular complexity index is 936. The fourth-order valence-electron chi connectivity index (χ4n) is 2.80. The Morgan fingerprint density at radius 1 is 1.19 bits per heavy atom. The second kappa shape index (κ2) is 8.44. The van der Waals surface area contributed by atoms with E-state index in [4.69, 9.17) is 0 Å². The van der Waals surface area contributed by atoms with Crippen LogP contribution < -0.4 is 5.32 Å². The van der Waals surface area contributed by atoms with Gasteiger partial charge >= 0.3 is 0 Å². The van der Waals surface area contributed by atoms with Crippen LogP contribution in [-0.4, -0.2) is 51.2 Å². The van der Waals surface area contributed by atoms with Gasteiger partial charge in [0.15, 0.2) is 5.69 Å². The van der Waals surface area contributed by atoms with Gasteiger partial charge in [0.05, 0.1) is 5.52 Å².